The summed E-state index contributed by atoms with van der Waals surface area (Å²) in [4.78, 5) is 21.4. The first kappa shape index (κ1) is 11.3. The van der Waals surface area contributed by atoms with Crippen LogP contribution in [0.1, 0.15) is 13.3 Å². The van der Waals surface area contributed by atoms with E-state index in [9.17, 15) is 19.8 Å². The van der Waals surface area contributed by atoms with Gasteiger partial charge in [-0.1, -0.05) is 0 Å². The van der Waals surface area contributed by atoms with Crippen molar-refractivity contribution in [3.8, 4) is 0 Å². The summed E-state index contributed by atoms with van der Waals surface area (Å²) in [5, 5.41) is 36.2. The summed E-state index contributed by atoms with van der Waals surface area (Å²) in [5.74, 6) is -3.74. The molecule has 6 heteroatoms. The third-order valence-corrected chi connectivity index (χ3v) is 2.30. The SMILES string of the molecule is CC1=C(C(=O)O)CC(O)(C(=O)O)C(O)=C1. The van der Waals surface area contributed by atoms with E-state index in [4.69, 9.17) is 10.2 Å². The zero-order valence-corrected chi connectivity index (χ0v) is 7.89. The van der Waals surface area contributed by atoms with Crippen LogP contribution in [-0.4, -0.2) is 38.0 Å². The van der Waals surface area contributed by atoms with Gasteiger partial charge in [0.25, 0.3) is 0 Å². The summed E-state index contributed by atoms with van der Waals surface area (Å²) in [6.07, 6.45) is 0.299. The van der Waals surface area contributed by atoms with Crippen molar-refractivity contribution in [2.24, 2.45) is 0 Å². The highest BCUT2D eigenvalue weighted by Crippen LogP contribution is 2.31. The minimum absolute atomic E-state index is 0.224. The minimum Gasteiger partial charge on any atom is -0.509 e. The Kier molecular flexibility index (Phi) is 2.55. The first-order valence-electron chi connectivity index (χ1n) is 4.09. The molecule has 1 aliphatic rings. The fourth-order valence-electron chi connectivity index (χ4n) is 1.33. The maximum Gasteiger partial charge on any atom is 0.344 e. The van der Waals surface area contributed by atoms with E-state index < -0.39 is 29.7 Å². The molecule has 15 heavy (non-hydrogen) atoms. The summed E-state index contributed by atoms with van der Waals surface area (Å²) in [6.45, 7) is 1.42. The average Bonchev–Trinajstić information content (AvgIpc) is 2.10. The molecule has 0 aliphatic heterocycles. The van der Waals surface area contributed by atoms with E-state index in [-0.39, 0.29) is 11.1 Å². The van der Waals surface area contributed by atoms with Gasteiger partial charge in [0.1, 0.15) is 5.76 Å². The van der Waals surface area contributed by atoms with Gasteiger partial charge in [-0.3, -0.25) is 0 Å². The first-order valence-corrected chi connectivity index (χ1v) is 4.09. The fraction of sp³-hybridized carbons (Fsp3) is 0.333. The molecule has 0 saturated carbocycles. The summed E-state index contributed by atoms with van der Waals surface area (Å²) in [5.41, 5.74) is -2.53. The van der Waals surface area contributed by atoms with Crippen molar-refractivity contribution >= 4 is 11.9 Å². The zero-order valence-electron chi connectivity index (χ0n) is 7.89. The molecule has 0 aromatic rings. The molecular weight excluding hydrogens is 204 g/mol. The number of hydrogen-bond acceptors (Lipinski definition) is 4. The van der Waals surface area contributed by atoms with E-state index in [2.05, 4.69) is 0 Å². The number of carbonyl (C=O) groups is 2. The second-order valence-corrected chi connectivity index (χ2v) is 3.34. The van der Waals surface area contributed by atoms with Crippen molar-refractivity contribution in [3.63, 3.8) is 0 Å². The van der Waals surface area contributed by atoms with Crippen LogP contribution >= 0.6 is 0 Å². The van der Waals surface area contributed by atoms with Gasteiger partial charge in [-0.05, 0) is 18.6 Å². The number of aliphatic hydroxyl groups excluding tert-OH is 1. The highest BCUT2D eigenvalue weighted by molar-refractivity contribution is 5.92. The Hall–Kier alpha value is -1.82. The zero-order chi connectivity index (χ0) is 11.8. The van der Waals surface area contributed by atoms with Crippen LogP contribution in [0.15, 0.2) is 23.0 Å². The van der Waals surface area contributed by atoms with Crippen molar-refractivity contribution < 1.29 is 30.0 Å². The molecule has 0 aromatic carbocycles. The molecule has 0 fully saturated rings. The normalized spacial score (nSPS) is 26.1. The first-order chi connectivity index (χ1) is 6.79. The van der Waals surface area contributed by atoms with E-state index in [1.807, 2.05) is 0 Å². The lowest BCUT2D eigenvalue weighted by Gasteiger charge is -2.27. The van der Waals surface area contributed by atoms with Crippen LogP contribution < -0.4 is 0 Å². The van der Waals surface area contributed by atoms with Crippen LogP contribution in [0.5, 0.6) is 0 Å². The molecule has 0 saturated heterocycles. The van der Waals surface area contributed by atoms with Gasteiger partial charge < -0.3 is 20.4 Å². The number of allylic oxidation sites excluding steroid dienone is 2. The monoisotopic (exact) mass is 214 g/mol. The molecule has 0 amide bonds. The van der Waals surface area contributed by atoms with Gasteiger partial charge in [0.2, 0.25) is 5.60 Å². The molecule has 1 unspecified atom stereocenters. The predicted molar refractivity (Wildman–Crippen MR) is 48.3 cm³/mol. The van der Waals surface area contributed by atoms with Gasteiger partial charge in [0.15, 0.2) is 0 Å². The van der Waals surface area contributed by atoms with Crippen molar-refractivity contribution in [1.82, 2.24) is 0 Å². The Morgan fingerprint density at radius 1 is 1.40 bits per heavy atom. The highest BCUT2D eigenvalue weighted by Gasteiger charge is 2.45. The molecule has 0 spiro atoms. The molecule has 4 N–H and O–H groups in total. The maximum absolute atomic E-state index is 10.7. The molecule has 0 heterocycles. The molecular formula is C9H10O6. The lowest BCUT2D eigenvalue weighted by molar-refractivity contribution is -0.157. The quantitative estimate of drug-likeness (QED) is 0.516. The summed E-state index contributed by atoms with van der Waals surface area (Å²) < 4.78 is 0. The second kappa shape index (κ2) is 3.39. The number of aliphatic carboxylic acids is 2. The van der Waals surface area contributed by atoms with E-state index in [1.54, 1.807) is 0 Å². The smallest absolute Gasteiger partial charge is 0.344 e. The number of carboxylic acid groups (broad SMARTS) is 2. The van der Waals surface area contributed by atoms with Crippen molar-refractivity contribution in [2.75, 3.05) is 0 Å². The number of rotatable bonds is 2. The van der Waals surface area contributed by atoms with Crippen molar-refractivity contribution in [2.45, 2.75) is 18.9 Å². The van der Waals surface area contributed by atoms with E-state index >= 15 is 0 Å². The Balaban J connectivity index is 3.23. The van der Waals surface area contributed by atoms with Gasteiger partial charge in [-0.2, -0.15) is 0 Å². The average molecular weight is 214 g/mol. The topological polar surface area (TPSA) is 115 Å². The highest BCUT2D eigenvalue weighted by atomic mass is 16.4. The molecule has 0 bridgehead atoms. The third kappa shape index (κ3) is 1.71. The van der Waals surface area contributed by atoms with Crippen molar-refractivity contribution in [1.29, 1.82) is 0 Å². The fourth-order valence-corrected chi connectivity index (χ4v) is 1.33. The number of aliphatic hydroxyl groups is 2. The number of carboxylic acids is 2. The van der Waals surface area contributed by atoms with Gasteiger partial charge in [0.05, 0.1) is 0 Å². The Morgan fingerprint density at radius 3 is 2.33 bits per heavy atom. The van der Waals surface area contributed by atoms with E-state index in [0.717, 1.165) is 6.08 Å². The second-order valence-electron chi connectivity index (χ2n) is 3.34. The van der Waals surface area contributed by atoms with Gasteiger partial charge in [-0.15, -0.1) is 0 Å². The van der Waals surface area contributed by atoms with Gasteiger partial charge in [-0.25, -0.2) is 9.59 Å². The van der Waals surface area contributed by atoms with Crippen LogP contribution in [0.25, 0.3) is 0 Å². The van der Waals surface area contributed by atoms with Crippen LogP contribution in [0.2, 0.25) is 0 Å². The van der Waals surface area contributed by atoms with Crippen LogP contribution in [0.3, 0.4) is 0 Å². The Morgan fingerprint density at radius 2 is 1.93 bits per heavy atom. The lowest BCUT2D eigenvalue weighted by atomic mass is 9.85. The van der Waals surface area contributed by atoms with E-state index in [0.29, 0.717) is 0 Å². The van der Waals surface area contributed by atoms with Crippen molar-refractivity contribution in [3.05, 3.63) is 23.0 Å². The third-order valence-electron chi connectivity index (χ3n) is 2.30. The molecule has 6 nitrogen and oxygen atoms in total. The molecule has 0 radical (unpaired) electrons. The molecule has 1 atom stereocenters. The lowest BCUT2D eigenvalue weighted by Crippen LogP contribution is -2.43. The molecule has 0 aromatic heterocycles. The van der Waals surface area contributed by atoms with Crippen LogP contribution in [-0.2, 0) is 9.59 Å². The van der Waals surface area contributed by atoms with Crippen LogP contribution in [0, 0.1) is 0 Å². The van der Waals surface area contributed by atoms with E-state index in [1.165, 1.54) is 6.92 Å². The molecule has 1 aliphatic carbocycles. The Bertz CT molecular complexity index is 391. The standard InChI is InChI=1S/C9H10O6/c1-4-2-6(10)9(15,8(13)14)3-5(4)7(11)12/h2,10,15H,3H2,1H3,(H,11,12)(H,13,14). The predicted octanol–water partition coefficient (Wildman–Crippen LogP) is 0.0488. The summed E-state index contributed by atoms with van der Waals surface area (Å²) in [7, 11) is 0. The van der Waals surface area contributed by atoms with Gasteiger partial charge in [0, 0.05) is 12.0 Å². The van der Waals surface area contributed by atoms with Gasteiger partial charge >= 0.3 is 11.9 Å². The minimum atomic E-state index is -2.53. The summed E-state index contributed by atoms with van der Waals surface area (Å²) >= 11 is 0. The molecule has 82 valence electrons. The maximum atomic E-state index is 10.7. The molecule has 1 rings (SSSR count). The number of hydrogen-bond donors (Lipinski definition) is 4. The Labute approximate surface area is 84.8 Å². The summed E-state index contributed by atoms with van der Waals surface area (Å²) in [6, 6.07) is 0. The largest absolute Gasteiger partial charge is 0.509 e. The van der Waals surface area contributed by atoms with Crippen LogP contribution in [0.4, 0.5) is 0 Å².